The highest BCUT2D eigenvalue weighted by Crippen LogP contribution is 2.36. The third-order valence-electron chi connectivity index (χ3n) is 2.06. The van der Waals surface area contributed by atoms with Crippen LogP contribution in [0, 0.1) is 6.92 Å². The van der Waals surface area contributed by atoms with Crippen molar-refractivity contribution in [3.8, 4) is 11.5 Å². The van der Waals surface area contributed by atoms with Crippen molar-refractivity contribution in [2.24, 2.45) is 0 Å². The molecular formula is C10H8O5. The van der Waals surface area contributed by atoms with Crippen LogP contribution in [0.15, 0.2) is 12.1 Å². The van der Waals surface area contributed by atoms with E-state index in [-0.39, 0.29) is 18.1 Å². The van der Waals surface area contributed by atoms with Crippen LogP contribution in [0.1, 0.15) is 15.9 Å². The number of fused-ring (bicyclic) bond motifs is 1. The van der Waals surface area contributed by atoms with Gasteiger partial charge in [0.15, 0.2) is 11.5 Å². The molecule has 1 aromatic rings. The van der Waals surface area contributed by atoms with E-state index in [9.17, 15) is 9.59 Å². The fourth-order valence-corrected chi connectivity index (χ4v) is 1.43. The number of hydrogen-bond acceptors (Lipinski definition) is 4. The number of carboxylic acids is 1. The molecule has 15 heavy (non-hydrogen) atoms. The number of benzene rings is 1. The van der Waals surface area contributed by atoms with E-state index >= 15 is 0 Å². The van der Waals surface area contributed by atoms with Gasteiger partial charge in [0, 0.05) is 0 Å². The number of carboxylic acid groups (broad SMARTS) is 1. The maximum Gasteiger partial charge on any atom is 0.377 e. The number of aliphatic carboxylic acids is 1. The van der Waals surface area contributed by atoms with Crippen molar-refractivity contribution in [1.82, 2.24) is 0 Å². The molecule has 0 amide bonds. The van der Waals surface area contributed by atoms with E-state index in [1.54, 1.807) is 13.0 Å². The molecule has 1 aliphatic heterocycles. The standard InChI is InChI=1S/C10H8O5/c1-5-2-6(8(11)10(12)13)9-7(3-5)14-4-15-9/h2-3H,4H2,1H3,(H,12,13). The van der Waals surface area contributed by atoms with Crippen LogP contribution >= 0.6 is 0 Å². The quantitative estimate of drug-likeness (QED) is 0.579. The molecule has 1 aromatic carbocycles. The molecule has 1 heterocycles. The van der Waals surface area contributed by atoms with Crippen LogP contribution < -0.4 is 9.47 Å². The predicted octanol–water partition coefficient (Wildman–Crippen LogP) is 0.991. The molecule has 1 N–H and O–H groups in total. The van der Waals surface area contributed by atoms with Crippen LogP contribution in [-0.4, -0.2) is 23.7 Å². The number of hydrogen-bond donors (Lipinski definition) is 1. The molecule has 0 saturated carbocycles. The van der Waals surface area contributed by atoms with Crippen LogP contribution in [0.25, 0.3) is 0 Å². The van der Waals surface area contributed by atoms with Crippen LogP contribution in [0.3, 0.4) is 0 Å². The molecule has 5 heteroatoms. The monoisotopic (exact) mass is 208 g/mol. The summed E-state index contributed by atoms with van der Waals surface area (Å²) < 4.78 is 10.1. The summed E-state index contributed by atoms with van der Waals surface area (Å²) in [5.41, 5.74) is 0.791. The smallest absolute Gasteiger partial charge is 0.377 e. The van der Waals surface area contributed by atoms with Gasteiger partial charge in [-0.1, -0.05) is 0 Å². The second kappa shape index (κ2) is 3.27. The highest BCUT2D eigenvalue weighted by Gasteiger charge is 2.26. The number of ether oxygens (including phenoxy) is 2. The van der Waals surface area contributed by atoms with Gasteiger partial charge in [0.05, 0.1) is 5.56 Å². The van der Waals surface area contributed by atoms with Crippen molar-refractivity contribution in [3.05, 3.63) is 23.3 Å². The van der Waals surface area contributed by atoms with Crippen LogP contribution in [0.4, 0.5) is 0 Å². The van der Waals surface area contributed by atoms with Crippen molar-refractivity contribution in [2.45, 2.75) is 6.92 Å². The van der Waals surface area contributed by atoms with Crippen LogP contribution in [0.2, 0.25) is 0 Å². The minimum absolute atomic E-state index is 0.0126. The highest BCUT2D eigenvalue weighted by atomic mass is 16.7. The molecule has 0 aromatic heterocycles. The lowest BCUT2D eigenvalue weighted by molar-refractivity contribution is -0.131. The molecule has 0 saturated heterocycles. The average molecular weight is 208 g/mol. The fourth-order valence-electron chi connectivity index (χ4n) is 1.43. The first-order valence-corrected chi connectivity index (χ1v) is 4.27. The Morgan fingerprint density at radius 2 is 2.07 bits per heavy atom. The third kappa shape index (κ3) is 1.52. The van der Waals surface area contributed by atoms with Gasteiger partial charge in [0.1, 0.15) is 0 Å². The van der Waals surface area contributed by atoms with Crippen molar-refractivity contribution < 1.29 is 24.2 Å². The lowest BCUT2D eigenvalue weighted by Gasteiger charge is -2.03. The second-order valence-corrected chi connectivity index (χ2v) is 3.18. The first-order valence-electron chi connectivity index (χ1n) is 4.27. The average Bonchev–Trinajstić information content (AvgIpc) is 2.62. The Labute approximate surface area is 85.2 Å². The zero-order chi connectivity index (χ0) is 11.0. The van der Waals surface area contributed by atoms with Gasteiger partial charge in [-0.3, -0.25) is 4.79 Å². The summed E-state index contributed by atoms with van der Waals surface area (Å²) in [5, 5.41) is 8.61. The van der Waals surface area contributed by atoms with Gasteiger partial charge in [-0.2, -0.15) is 0 Å². The SMILES string of the molecule is Cc1cc2c(c(C(=O)C(=O)O)c1)OCO2. The van der Waals surface area contributed by atoms with Crippen molar-refractivity contribution in [3.63, 3.8) is 0 Å². The summed E-state index contributed by atoms with van der Waals surface area (Å²) in [6, 6.07) is 3.17. The lowest BCUT2D eigenvalue weighted by Crippen LogP contribution is -2.13. The lowest BCUT2D eigenvalue weighted by atomic mass is 10.1. The van der Waals surface area contributed by atoms with Gasteiger partial charge in [-0.05, 0) is 24.6 Å². The summed E-state index contributed by atoms with van der Waals surface area (Å²) in [6.07, 6.45) is 0. The van der Waals surface area contributed by atoms with Gasteiger partial charge in [-0.25, -0.2) is 4.79 Å². The topological polar surface area (TPSA) is 72.8 Å². The van der Waals surface area contributed by atoms with E-state index in [2.05, 4.69) is 0 Å². The predicted molar refractivity (Wildman–Crippen MR) is 49.3 cm³/mol. The van der Waals surface area contributed by atoms with Crippen molar-refractivity contribution >= 4 is 11.8 Å². The summed E-state index contributed by atoms with van der Waals surface area (Å²) in [7, 11) is 0. The number of rotatable bonds is 2. The van der Waals surface area contributed by atoms with Crippen molar-refractivity contribution in [1.29, 1.82) is 0 Å². The molecular weight excluding hydrogens is 200 g/mol. The Morgan fingerprint density at radius 1 is 1.33 bits per heavy atom. The Kier molecular flexibility index (Phi) is 2.07. The Balaban J connectivity index is 2.56. The summed E-state index contributed by atoms with van der Waals surface area (Å²) in [4.78, 5) is 21.9. The first-order chi connectivity index (χ1) is 7.09. The Morgan fingerprint density at radius 3 is 2.73 bits per heavy atom. The largest absolute Gasteiger partial charge is 0.475 e. The Bertz CT molecular complexity index is 449. The summed E-state index contributed by atoms with van der Waals surface area (Å²) in [5.74, 6) is -1.86. The molecule has 0 atom stereocenters. The maximum absolute atomic E-state index is 11.3. The van der Waals surface area contributed by atoms with Gasteiger partial charge in [0.25, 0.3) is 5.78 Å². The number of carbonyl (C=O) groups excluding carboxylic acids is 1. The van der Waals surface area contributed by atoms with Gasteiger partial charge in [-0.15, -0.1) is 0 Å². The minimum Gasteiger partial charge on any atom is -0.475 e. The van der Waals surface area contributed by atoms with E-state index in [4.69, 9.17) is 14.6 Å². The molecule has 0 bridgehead atoms. The number of ketones is 1. The minimum atomic E-state index is -1.50. The second-order valence-electron chi connectivity index (χ2n) is 3.18. The molecule has 0 spiro atoms. The van der Waals surface area contributed by atoms with Crippen molar-refractivity contribution in [2.75, 3.05) is 6.79 Å². The zero-order valence-corrected chi connectivity index (χ0v) is 7.94. The summed E-state index contributed by atoms with van der Waals surface area (Å²) in [6.45, 7) is 1.76. The van der Waals surface area contributed by atoms with Gasteiger partial charge < -0.3 is 14.6 Å². The molecule has 1 aliphatic rings. The van der Waals surface area contributed by atoms with E-state index in [1.807, 2.05) is 0 Å². The molecule has 0 radical (unpaired) electrons. The molecule has 0 fully saturated rings. The van der Waals surface area contributed by atoms with E-state index in [0.717, 1.165) is 5.56 Å². The van der Waals surface area contributed by atoms with E-state index in [1.165, 1.54) is 6.07 Å². The van der Waals surface area contributed by atoms with Gasteiger partial charge in [0.2, 0.25) is 6.79 Å². The molecule has 5 nitrogen and oxygen atoms in total. The fraction of sp³-hybridized carbons (Fsp3) is 0.200. The molecule has 0 unspecified atom stereocenters. The summed E-state index contributed by atoms with van der Waals surface area (Å²) >= 11 is 0. The van der Waals surface area contributed by atoms with E-state index in [0.29, 0.717) is 5.75 Å². The molecule has 2 rings (SSSR count). The zero-order valence-electron chi connectivity index (χ0n) is 7.94. The Hall–Kier alpha value is -2.04. The van der Waals surface area contributed by atoms with Crippen LogP contribution in [0.5, 0.6) is 11.5 Å². The number of carbonyl (C=O) groups is 2. The maximum atomic E-state index is 11.3. The van der Waals surface area contributed by atoms with Gasteiger partial charge >= 0.3 is 5.97 Å². The third-order valence-corrected chi connectivity index (χ3v) is 2.06. The highest BCUT2D eigenvalue weighted by molar-refractivity contribution is 6.40. The molecule has 0 aliphatic carbocycles. The number of Topliss-reactive ketones (excluding diaryl/α,β-unsaturated/α-hetero) is 1. The molecule has 78 valence electrons. The number of aryl methyl sites for hydroxylation is 1. The van der Waals surface area contributed by atoms with Crippen LogP contribution in [-0.2, 0) is 4.79 Å². The first kappa shape index (κ1) is 9.51. The normalized spacial score (nSPS) is 12.6. The van der Waals surface area contributed by atoms with E-state index < -0.39 is 11.8 Å².